The molecule has 0 unspecified atom stereocenters. The van der Waals surface area contributed by atoms with Gasteiger partial charge in [-0.1, -0.05) is 6.07 Å². The maximum atomic E-state index is 11.8. The second kappa shape index (κ2) is 8.27. The van der Waals surface area contributed by atoms with Crippen molar-refractivity contribution in [2.75, 3.05) is 33.7 Å². The van der Waals surface area contributed by atoms with Crippen LogP contribution in [0.5, 0.6) is 0 Å². The highest BCUT2D eigenvalue weighted by molar-refractivity contribution is 5.83. The van der Waals surface area contributed by atoms with Crippen LogP contribution in [0.4, 0.5) is 0 Å². The van der Waals surface area contributed by atoms with Gasteiger partial charge >= 0.3 is 0 Å². The van der Waals surface area contributed by atoms with E-state index in [-0.39, 0.29) is 18.4 Å². The lowest BCUT2D eigenvalue weighted by Gasteiger charge is -2.20. The van der Waals surface area contributed by atoms with Crippen LogP contribution < -0.4 is 5.32 Å². The second-order valence-corrected chi connectivity index (χ2v) is 4.89. The van der Waals surface area contributed by atoms with Crippen LogP contribution in [0.3, 0.4) is 0 Å². The fourth-order valence-corrected chi connectivity index (χ4v) is 1.64. The van der Waals surface area contributed by atoms with Gasteiger partial charge in [0.05, 0.1) is 6.54 Å². The zero-order valence-electron chi connectivity index (χ0n) is 12.3. The van der Waals surface area contributed by atoms with Crippen LogP contribution in [-0.4, -0.2) is 60.3 Å². The Kier molecular flexibility index (Phi) is 6.66. The SMILES string of the molecule is CC(=O)N(CC(=O)NCCN(C)C)Cc1cccnc1. The van der Waals surface area contributed by atoms with E-state index in [0.29, 0.717) is 13.1 Å². The number of rotatable bonds is 7. The van der Waals surface area contributed by atoms with Gasteiger partial charge in [-0.3, -0.25) is 14.6 Å². The molecule has 6 heteroatoms. The maximum Gasteiger partial charge on any atom is 0.239 e. The van der Waals surface area contributed by atoms with Gasteiger partial charge in [-0.15, -0.1) is 0 Å². The minimum Gasteiger partial charge on any atom is -0.353 e. The minimum atomic E-state index is -0.147. The van der Waals surface area contributed by atoms with E-state index in [1.807, 2.05) is 31.1 Å². The topological polar surface area (TPSA) is 65.5 Å². The van der Waals surface area contributed by atoms with Crippen LogP contribution in [0.2, 0.25) is 0 Å². The Morgan fingerprint density at radius 3 is 2.65 bits per heavy atom. The van der Waals surface area contributed by atoms with Crippen LogP contribution in [0.25, 0.3) is 0 Å². The van der Waals surface area contributed by atoms with Gasteiger partial charge in [0.1, 0.15) is 0 Å². The predicted molar refractivity (Wildman–Crippen MR) is 76.9 cm³/mol. The van der Waals surface area contributed by atoms with Crippen molar-refractivity contribution in [3.63, 3.8) is 0 Å². The summed E-state index contributed by atoms with van der Waals surface area (Å²) in [6.07, 6.45) is 3.37. The number of amides is 2. The van der Waals surface area contributed by atoms with E-state index in [1.165, 1.54) is 11.8 Å². The van der Waals surface area contributed by atoms with E-state index in [1.54, 1.807) is 12.4 Å². The molecule has 0 saturated carbocycles. The average molecular weight is 278 g/mol. The van der Waals surface area contributed by atoms with E-state index in [4.69, 9.17) is 0 Å². The zero-order chi connectivity index (χ0) is 15.0. The summed E-state index contributed by atoms with van der Waals surface area (Å²) in [5, 5.41) is 2.80. The second-order valence-electron chi connectivity index (χ2n) is 4.89. The van der Waals surface area contributed by atoms with Gasteiger partial charge in [-0.25, -0.2) is 0 Å². The number of hydrogen-bond acceptors (Lipinski definition) is 4. The Morgan fingerprint density at radius 1 is 1.35 bits per heavy atom. The smallest absolute Gasteiger partial charge is 0.239 e. The van der Waals surface area contributed by atoms with E-state index >= 15 is 0 Å². The molecule has 2 amide bonds. The molecule has 0 radical (unpaired) electrons. The zero-order valence-corrected chi connectivity index (χ0v) is 12.3. The molecule has 1 N–H and O–H groups in total. The van der Waals surface area contributed by atoms with Crippen LogP contribution in [0.15, 0.2) is 24.5 Å². The molecule has 20 heavy (non-hydrogen) atoms. The fourth-order valence-electron chi connectivity index (χ4n) is 1.64. The standard InChI is InChI=1S/C14H22N4O2/c1-12(19)18(10-13-5-4-6-15-9-13)11-14(20)16-7-8-17(2)3/h4-6,9H,7-8,10-11H2,1-3H3,(H,16,20). The monoisotopic (exact) mass is 278 g/mol. The van der Waals surface area contributed by atoms with E-state index in [2.05, 4.69) is 10.3 Å². The highest BCUT2D eigenvalue weighted by atomic mass is 16.2. The van der Waals surface area contributed by atoms with Crippen molar-refractivity contribution in [3.8, 4) is 0 Å². The van der Waals surface area contributed by atoms with Gasteiger partial charge in [0.2, 0.25) is 11.8 Å². The Bertz CT molecular complexity index is 434. The number of aromatic nitrogens is 1. The van der Waals surface area contributed by atoms with Gasteiger partial charge in [-0.05, 0) is 25.7 Å². The van der Waals surface area contributed by atoms with Crippen molar-refractivity contribution in [2.24, 2.45) is 0 Å². The van der Waals surface area contributed by atoms with Crippen molar-refractivity contribution >= 4 is 11.8 Å². The van der Waals surface area contributed by atoms with Crippen molar-refractivity contribution < 1.29 is 9.59 Å². The summed E-state index contributed by atoms with van der Waals surface area (Å²) in [6.45, 7) is 3.27. The lowest BCUT2D eigenvalue weighted by Crippen LogP contribution is -2.41. The summed E-state index contributed by atoms with van der Waals surface area (Å²) in [7, 11) is 3.88. The molecule has 0 bridgehead atoms. The van der Waals surface area contributed by atoms with Crippen molar-refractivity contribution in [1.82, 2.24) is 20.1 Å². The first-order chi connectivity index (χ1) is 9.49. The van der Waals surface area contributed by atoms with E-state index in [0.717, 1.165) is 12.1 Å². The summed E-state index contributed by atoms with van der Waals surface area (Å²) >= 11 is 0. The highest BCUT2D eigenvalue weighted by Gasteiger charge is 2.13. The number of likely N-dealkylation sites (N-methyl/N-ethyl adjacent to an activating group) is 1. The van der Waals surface area contributed by atoms with Gasteiger partial charge < -0.3 is 15.1 Å². The summed E-state index contributed by atoms with van der Waals surface area (Å²) in [5.74, 6) is -0.275. The maximum absolute atomic E-state index is 11.8. The minimum absolute atomic E-state index is 0.0671. The largest absolute Gasteiger partial charge is 0.353 e. The van der Waals surface area contributed by atoms with Crippen molar-refractivity contribution in [1.29, 1.82) is 0 Å². The number of pyridine rings is 1. The average Bonchev–Trinajstić information content (AvgIpc) is 2.38. The number of nitrogens with zero attached hydrogens (tertiary/aromatic N) is 3. The fraction of sp³-hybridized carbons (Fsp3) is 0.500. The molecule has 0 spiro atoms. The Labute approximate surface area is 119 Å². The quantitative estimate of drug-likeness (QED) is 0.769. The van der Waals surface area contributed by atoms with Gasteiger partial charge in [-0.2, -0.15) is 0 Å². The summed E-state index contributed by atoms with van der Waals surface area (Å²) in [6, 6.07) is 3.69. The molecule has 110 valence electrons. The molecule has 0 aliphatic carbocycles. The van der Waals surface area contributed by atoms with E-state index < -0.39 is 0 Å². The third-order valence-corrected chi connectivity index (χ3v) is 2.76. The third-order valence-electron chi connectivity index (χ3n) is 2.76. The van der Waals surface area contributed by atoms with Crippen molar-refractivity contribution in [2.45, 2.75) is 13.5 Å². The Hall–Kier alpha value is -1.95. The molecule has 0 fully saturated rings. The first-order valence-corrected chi connectivity index (χ1v) is 6.55. The summed E-state index contributed by atoms with van der Waals surface area (Å²) in [5.41, 5.74) is 0.906. The Balaban J connectivity index is 2.47. The number of carbonyl (C=O) groups excluding carboxylic acids is 2. The molecule has 6 nitrogen and oxygen atoms in total. The molecule has 0 saturated heterocycles. The number of hydrogen-bond donors (Lipinski definition) is 1. The molecule has 0 aliphatic rings. The van der Waals surface area contributed by atoms with Gasteiger partial charge in [0, 0.05) is 39.0 Å². The number of carbonyl (C=O) groups is 2. The highest BCUT2D eigenvalue weighted by Crippen LogP contribution is 2.02. The molecular formula is C14H22N4O2. The molecule has 1 aromatic heterocycles. The molecule has 0 aromatic carbocycles. The molecule has 0 aliphatic heterocycles. The third kappa shape index (κ3) is 6.29. The van der Waals surface area contributed by atoms with Crippen LogP contribution in [0, 0.1) is 0 Å². The van der Waals surface area contributed by atoms with Crippen LogP contribution >= 0.6 is 0 Å². The van der Waals surface area contributed by atoms with E-state index in [9.17, 15) is 9.59 Å². The molecular weight excluding hydrogens is 256 g/mol. The summed E-state index contributed by atoms with van der Waals surface area (Å²) < 4.78 is 0. The van der Waals surface area contributed by atoms with Crippen LogP contribution in [-0.2, 0) is 16.1 Å². The normalized spacial score (nSPS) is 10.4. The first-order valence-electron chi connectivity index (χ1n) is 6.55. The molecule has 1 aromatic rings. The molecule has 0 atom stereocenters. The first kappa shape index (κ1) is 16.1. The van der Waals surface area contributed by atoms with Crippen molar-refractivity contribution in [3.05, 3.63) is 30.1 Å². The summed E-state index contributed by atoms with van der Waals surface area (Å²) in [4.78, 5) is 30.9. The van der Waals surface area contributed by atoms with Gasteiger partial charge in [0.25, 0.3) is 0 Å². The number of nitrogens with one attached hydrogen (secondary N) is 1. The van der Waals surface area contributed by atoms with Crippen LogP contribution in [0.1, 0.15) is 12.5 Å². The lowest BCUT2D eigenvalue weighted by atomic mass is 10.2. The molecule has 1 rings (SSSR count). The molecule has 1 heterocycles. The van der Waals surface area contributed by atoms with Gasteiger partial charge in [0.15, 0.2) is 0 Å². The Morgan fingerprint density at radius 2 is 2.10 bits per heavy atom. The predicted octanol–water partition coefficient (Wildman–Crippen LogP) is 0.108. The lowest BCUT2D eigenvalue weighted by molar-refractivity contribution is -0.134.